The molecule has 0 radical (unpaired) electrons. The first-order valence-corrected chi connectivity index (χ1v) is 20.0. The SMILES string of the molecule is NC(N)=NCCC[C@H](NC(=O)[C@@H](Cc1ccccc1)NC(=O)[C@@H]1CCCN1C(=O)[C@@H](N)CCS)C(=O)N[C@@H](Cc1c[nH]c2ccccc12)C(=O)N[C@@H](CS)C(=O)O. The lowest BCUT2D eigenvalue weighted by atomic mass is 10.0. The molecular weight excluding hydrogens is 773 g/mol. The number of hydrogen-bond donors (Lipinski definition) is 11. The van der Waals surface area contributed by atoms with E-state index in [2.05, 4.69) is 56.5 Å². The third-order valence-corrected chi connectivity index (χ3v) is 10.2. The largest absolute Gasteiger partial charge is 0.480 e. The molecule has 0 spiro atoms. The Morgan fingerprint density at radius 2 is 1.47 bits per heavy atom. The van der Waals surface area contributed by atoms with Gasteiger partial charge in [0.25, 0.3) is 0 Å². The molecule has 308 valence electrons. The van der Waals surface area contributed by atoms with E-state index in [0.717, 1.165) is 16.5 Å². The smallest absolute Gasteiger partial charge is 0.327 e. The summed E-state index contributed by atoms with van der Waals surface area (Å²) in [7, 11) is 0. The number of likely N-dealkylation sites (tertiary alicyclic amines) is 1. The molecule has 6 atom stereocenters. The second-order valence-corrected chi connectivity index (χ2v) is 14.6. The minimum Gasteiger partial charge on any atom is -0.480 e. The van der Waals surface area contributed by atoms with E-state index in [4.69, 9.17) is 17.2 Å². The highest BCUT2D eigenvalue weighted by atomic mass is 32.1. The number of guanidine groups is 1. The van der Waals surface area contributed by atoms with Gasteiger partial charge in [-0.3, -0.25) is 29.0 Å². The van der Waals surface area contributed by atoms with Gasteiger partial charge in [-0.05, 0) is 55.1 Å². The molecule has 57 heavy (non-hydrogen) atoms. The molecule has 2 aromatic carbocycles. The number of H-pyrrole nitrogens is 1. The number of benzene rings is 2. The van der Waals surface area contributed by atoms with Crippen LogP contribution in [0, 0.1) is 0 Å². The summed E-state index contributed by atoms with van der Waals surface area (Å²) in [5, 5.41) is 21.2. The lowest BCUT2D eigenvalue weighted by Gasteiger charge is -2.29. The summed E-state index contributed by atoms with van der Waals surface area (Å²) in [6.45, 7) is 0.452. The van der Waals surface area contributed by atoms with E-state index in [9.17, 15) is 33.9 Å². The predicted molar refractivity (Wildman–Crippen MR) is 222 cm³/mol. The number of carbonyl (C=O) groups excluding carboxylic acids is 5. The highest BCUT2D eigenvalue weighted by Crippen LogP contribution is 2.21. The standard InChI is InChI=1S/C38H52N10O7S2/c39-25(14-17-56)36(53)48-16-7-13-31(48)35(52)46-28(18-22-8-2-1-3-9-22)33(50)44-27(12-6-15-42-38(40)41)32(49)45-29(34(51)47-30(21-57)37(54)55)19-23-20-43-26-11-5-4-10-24(23)26/h1-5,8-11,20,25,27-31,43,56-57H,6-7,12-19,21,39H2,(H,44,50)(H,45,49)(H,46,52)(H,47,51)(H,54,55)(H4,40,41,42)/t25-,27-,28+,29-,30-,31-/m0/s1. The zero-order chi connectivity index (χ0) is 41.5. The number of carboxylic acids is 1. The number of aromatic nitrogens is 1. The topological polar surface area (TPSA) is 280 Å². The number of amides is 5. The quantitative estimate of drug-likeness (QED) is 0.0286. The molecule has 4 rings (SSSR count). The number of hydrogen-bond acceptors (Lipinski definition) is 10. The number of para-hydroxylation sites is 1. The molecule has 0 bridgehead atoms. The number of nitrogens with one attached hydrogen (secondary N) is 5. The number of rotatable bonds is 21. The average molecular weight is 825 g/mol. The van der Waals surface area contributed by atoms with Crippen molar-refractivity contribution in [3.8, 4) is 0 Å². The minimum absolute atomic E-state index is 0.0180. The number of carboxylic acid groups (broad SMARTS) is 1. The van der Waals surface area contributed by atoms with Crippen LogP contribution in [-0.4, -0.2) is 117 Å². The summed E-state index contributed by atoms with van der Waals surface area (Å²) in [4.78, 5) is 89.3. The molecule has 19 heteroatoms. The van der Waals surface area contributed by atoms with Crippen molar-refractivity contribution in [3.63, 3.8) is 0 Å². The first-order valence-electron chi connectivity index (χ1n) is 18.7. The Bertz CT molecular complexity index is 1890. The molecule has 0 unspecified atom stereocenters. The van der Waals surface area contributed by atoms with Crippen molar-refractivity contribution < 1.29 is 33.9 Å². The van der Waals surface area contributed by atoms with Gasteiger partial charge in [0.05, 0.1) is 6.04 Å². The maximum absolute atomic E-state index is 14.2. The van der Waals surface area contributed by atoms with Crippen molar-refractivity contribution in [2.24, 2.45) is 22.2 Å². The Hall–Kier alpha value is -5.27. The van der Waals surface area contributed by atoms with E-state index in [1.54, 1.807) is 30.5 Å². The maximum atomic E-state index is 14.2. The number of fused-ring (bicyclic) bond motifs is 1. The maximum Gasteiger partial charge on any atom is 0.327 e. The number of nitrogens with two attached hydrogens (primary N) is 3. The molecule has 1 aromatic heterocycles. The number of nitrogens with zero attached hydrogens (tertiary/aromatic N) is 2. The molecule has 0 aliphatic carbocycles. The second-order valence-electron chi connectivity index (χ2n) is 13.8. The van der Waals surface area contributed by atoms with E-state index in [1.807, 2.05) is 30.3 Å². The van der Waals surface area contributed by atoms with E-state index >= 15 is 0 Å². The monoisotopic (exact) mass is 824 g/mol. The fourth-order valence-electron chi connectivity index (χ4n) is 6.61. The lowest BCUT2D eigenvalue weighted by molar-refractivity contribution is -0.141. The summed E-state index contributed by atoms with van der Waals surface area (Å²) >= 11 is 8.23. The van der Waals surface area contributed by atoms with Gasteiger partial charge in [-0.25, -0.2) is 4.79 Å². The van der Waals surface area contributed by atoms with Gasteiger partial charge in [-0.2, -0.15) is 25.3 Å². The molecule has 12 N–H and O–H groups in total. The molecule has 1 fully saturated rings. The first kappa shape index (κ1) is 44.4. The van der Waals surface area contributed by atoms with Crippen LogP contribution in [-0.2, 0) is 41.6 Å². The van der Waals surface area contributed by atoms with Gasteiger partial charge in [0.15, 0.2) is 5.96 Å². The summed E-state index contributed by atoms with van der Waals surface area (Å²) < 4.78 is 0. The Morgan fingerprint density at radius 1 is 0.842 bits per heavy atom. The van der Waals surface area contributed by atoms with E-state index in [1.165, 1.54) is 4.90 Å². The number of aliphatic imine (C=N–C) groups is 1. The number of carbonyl (C=O) groups is 6. The molecule has 17 nitrogen and oxygen atoms in total. The number of aromatic amines is 1. The van der Waals surface area contributed by atoms with E-state index in [-0.39, 0.29) is 49.8 Å². The van der Waals surface area contributed by atoms with E-state index < -0.39 is 65.8 Å². The molecule has 1 saturated heterocycles. The molecule has 1 aliphatic heterocycles. The van der Waals surface area contributed by atoms with Crippen molar-refractivity contribution in [3.05, 3.63) is 71.9 Å². The van der Waals surface area contributed by atoms with Crippen LogP contribution in [0.4, 0.5) is 0 Å². The normalized spacial score (nSPS) is 16.4. The molecule has 0 saturated carbocycles. The van der Waals surface area contributed by atoms with Crippen molar-refractivity contribution in [1.29, 1.82) is 0 Å². The predicted octanol–water partition coefficient (Wildman–Crippen LogP) is -0.401. The lowest BCUT2D eigenvalue weighted by Crippen LogP contribution is -2.59. The Morgan fingerprint density at radius 3 is 2.14 bits per heavy atom. The second kappa shape index (κ2) is 21.9. The van der Waals surface area contributed by atoms with Crippen LogP contribution in [0.25, 0.3) is 10.9 Å². The van der Waals surface area contributed by atoms with Gasteiger partial charge < -0.3 is 53.5 Å². The summed E-state index contributed by atoms with van der Waals surface area (Å²) in [6, 6.07) is 9.55. The molecule has 2 heterocycles. The van der Waals surface area contributed by atoms with Crippen LogP contribution in [0.1, 0.15) is 43.2 Å². The number of thiol groups is 2. The average Bonchev–Trinajstić information content (AvgIpc) is 3.85. The first-order chi connectivity index (χ1) is 27.3. The van der Waals surface area contributed by atoms with Crippen LogP contribution in [0.5, 0.6) is 0 Å². The number of aliphatic carboxylic acids is 1. The van der Waals surface area contributed by atoms with Crippen molar-refractivity contribution in [2.75, 3.05) is 24.6 Å². The summed E-state index contributed by atoms with van der Waals surface area (Å²) in [5.74, 6) is -4.43. The summed E-state index contributed by atoms with van der Waals surface area (Å²) in [5.41, 5.74) is 19.3. The fraction of sp³-hybridized carbons (Fsp3) is 0.447. The molecule has 3 aromatic rings. The Labute approximate surface area is 341 Å². The zero-order valence-electron chi connectivity index (χ0n) is 31.4. The van der Waals surface area contributed by atoms with Crippen LogP contribution in [0.2, 0.25) is 0 Å². The van der Waals surface area contributed by atoms with Gasteiger partial charge in [-0.1, -0.05) is 48.5 Å². The molecular formula is C38H52N10O7S2. The molecule has 1 aliphatic rings. The van der Waals surface area contributed by atoms with Gasteiger partial charge in [-0.15, -0.1) is 0 Å². The highest BCUT2D eigenvalue weighted by molar-refractivity contribution is 7.80. The highest BCUT2D eigenvalue weighted by Gasteiger charge is 2.38. The van der Waals surface area contributed by atoms with Crippen molar-refractivity contribution in [2.45, 2.75) is 81.2 Å². The van der Waals surface area contributed by atoms with E-state index in [0.29, 0.717) is 37.1 Å². The van der Waals surface area contributed by atoms with Gasteiger partial charge in [0.2, 0.25) is 29.5 Å². The van der Waals surface area contributed by atoms with Crippen molar-refractivity contribution >= 4 is 77.6 Å². The van der Waals surface area contributed by atoms with Crippen LogP contribution in [0.15, 0.2) is 65.8 Å². The third kappa shape index (κ3) is 12.9. The van der Waals surface area contributed by atoms with Gasteiger partial charge in [0, 0.05) is 48.8 Å². The minimum atomic E-state index is -1.34. The Balaban J connectivity index is 1.61. The zero-order valence-corrected chi connectivity index (χ0v) is 33.2. The molecule has 5 amide bonds. The third-order valence-electron chi connectivity index (χ3n) is 9.62. The fourth-order valence-corrected chi connectivity index (χ4v) is 7.14. The van der Waals surface area contributed by atoms with Gasteiger partial charge >= 0.3 is 5.97 Å². The van der Waals surface area contributed by atoms with Crippen LogP contribution >= 0.6 is 25.3 Å². The van der Waals surface area contributed by atoms with Crippen molar-refractivity contribution in [1.82, 2.24) is 31.2 Å². The van der Waals surface area contributed by atoms with Crippen LogP contribution in [0.3, 0.4) is 0 Å². The van der Waals surface area contributed by atoms with Crippen LogP contribution < -0.4 is 38.5 Å². The Kier molecular flexibility index (Phi) is 17.1. The van der Waals surface area contributed by atoms with Gasteiger partial charge in [0.1, 0.15) is 30.2 Å². The summed E-state index contributed by atoms with van der Waals surface area (Å²) in [6.07, 6.45) is 3.24.